The van der Waals surface area contributed by atoms with Crippen molar-refractivity contribution in [3.63, 3.8) is 0 Å². The highest BCUT2D eigenvalue weighted by Crippen LogP contribution is 2.14. The molecule has 8 heteroatoms. The van der Waals surface area contributed by atoms with Crippen LogP contribution in [0.2, 0.25) is 0 Å². The van der Waals surface area contributed by atoms with E-state index in [2.05, 4.69) is 16.0 Å². The minimum Gasteiger partial charge on any atom is -0.450 e. The SMILES string of the molecule is CCOC(=O)N1CCC(NC(=O)CCNc2ccc(NC(C)=O)cc2)CC1. The molecule has 1 fully saturated rings. The second-order valence-corrected chi connectivity index (χ2v) is 6.46. The van der Waals surface area contributed by atoms with Crippen LogP contribution in [0.1, 0.15) is 33.1 Å². The van der Waals surface area contributed by atoms with Crippen molar-refractivity contribution in [2.75, 3.05) is 36.9 Å². The minimum absolute atomic E-state index is 0.00745. The lowest BCUT2D eigenvalue weighted by Crippen LogP contribution is -2.46. The van der Waals surface area contributed by atoms with Crippen LogP contribution in [-0.4, -0.2) is 55.1 Å². The number of benzene rings is 1. The molecule has 1 aliphatic rings. The zero-order chi connectivity index (χ0) is 19.6. The van der Waals surface area contributed by atoms with Gasteiger partial charge in [-0.3, -0.25) is 9.59 Å². The fourth-order valence-corrected chi connectivity index (χ4v) is 2.92. The summed E-state index contributed by atoms with van der Waals surface area (Å²) in [7, 11) is 0. The van der Waals surface area contributed by atoms with E-state index in [4.69, 9.17) is 4.74 Å². The Labute approximate surface area is 159 Å². The highest BCUT2D eigenvalue weighted by Gasteiger charge is 2.24. The average Bonchev–Trinajstić information content (AvgIpc) is 2.63. The molecule has 148 valence electrons. The number of hydrogen-bond donors (Lipinski definition) is 3. The summed E-state index contributed by atoms with van der Waals surface area (Å²) in [6.07, 6.45) is 1.56. The van der Waals surface area contributed by atoms with Crippen molar-refractivity contribution in [1.82, 2.24) is 10.2 Å². The number of carbonyl (C=O) groups is 3. The number of likely N-dealkylation sites (tertiary alicyclic amines) is 1. The molecule has 0 aromatic heterocycles. The van der Waals surface area contributed by atoms with Crippen molar-refractivity contribution < 1.29 is 19.1 Å². The number of nitrogens with zero attached hydrogens (tertiary/aromatic N) is 1. The van der Waals surface area contributed by atoms with Crippen LogP contribution in [0.4, 0.5) is 16.2 Å². The standard InChI is InChI=1S/C19H28N4O4/c1-3-27-19(26)23-12-9-17(10-13-23)22-18(25)8-11-20-15-4-6-16(7-5-15)21-14(2)24/h4-7,17,20H,3,8-13H2,1-2H3,(H,21,24)(H,22,25). The highest BCUT2D eigenvalue weighted by molar-refractivity contribution is 5.88. The fourth-order valence-electron chi connectivity index (χ4n) is 2.92. The molecule has 0 unspecified atom stereocenters. The monoisotopic (exact) mass is 376 g/mol. The largest absolute Gasteiger partial charge is 0.450 e. The molecule has 0 aliphatic carbocycles. The summed E-state index contributed by atoms with van der Waals surface area (Å²) in [6.45, 7) is 5.35. The van der Waals surface area contributed by atoms with Crippen LogP contribution in [0.25, 0.3) is 0 Å². The van der Waals surface area contributed by atoms with Crippen LogP contribution in [0.3, 0.4) is 0 Å². The van der Waals surface area contributed by atoms with Crippen molar-refractivity contribution >= 4 is 29.3 Å². The summed E-state index contributed by atoms with van der Waals surface area (Å²) < 4.78 is 4.99. The number of carbonyl (C=O) groups excluding carboxylic acids is 3. The summed E-state index contributed by atoms with van der Waals surface area (Å²) in [5.74, 6) is -0.118. The van der Waals surface area contributed by atoms with Crippen molar-refractivity contribution in [3.8, 4) is 0 Å². The summed E-state index contributed by atoms with van der Waals surface area (Å²) in [5, 5.41) is 8.91. The van der Waals surface area contributed by atoms with Crippen LogP contribution in [0.5, 0.6) is 0 Å². The molecule has 0 atom stereocenters. The van der Waals surface area contributed by atoms with Gasteiger partial charge in [-0.25, -0.2) is 4.79 Å². The van der Waals surface area contributed by atoms with Gasteiger partial charge in [0, 0.05) is 50.4 Å². The Morgan fingerprint density at radius 3 is 2.33 bits per heavy atom. The normalized spacial score (nSPS) is 14.4. The number of nitrogens with one attached hydrogen (secondary N) is 3. The van der Waals surface area contributed by atoms with E-state index in [1.54, 1.807) is 24.0 Å². The third-order valence-corrected chi connectivity index (χ3v) is 4.27. The van der Waals surface area contributed by atoms with E-state index in [9.17, 15) is 14.4 Å². The molecular formula is C19H28N4O4. The van der Waals surface area contributed by atoms with Gasteiger partial charge in [-0.05, 0) is 44.0 Å². The Balaban J connectivity index is 1.64. The Morgan fingerprint density at radius 2 is 1.74 bits per heavy atom. The molecule has 3 amide bonds. The van der Waals surface area contributed by atoms with Crippen molar-refractivity contribution in [2.24, 2.45) is 0 Å². The number of anilines is 2. The molecule has 27 heavy (non-hydrogen) atoms. The summed E-state index contributed by atoms with van der Waals surface area (Å²) in [4.78, 5) is 36.4. The van der Waals surface area contributed by atoms with Crippen molar-refractivity contribution in [3.05, 3.63) is 24.3 Å². The lowest BCUT2D eigenvalue weighted by molar-refractivity contribution is -0.121. The quantitative estimate of drug-likeness (QED) is 0.677. The first-order valence-corrected chi connectivity index (χ1v) is 9.30. The topological polar surface area (TPSA) is 99.8 Å². The molecule has 3 N–H and O–H groups in total. The number of rotatable bonds is 7. The van der Waals surface area contributed by atoms with E-state index < -0.39 is 0 Å². The molecule has 1 heterocycles. The molecule has 8 nitrogen and oxygen atoms in total. The van der Waals surface area contributed by atoms with Crippen molar-refractivity contribution in [2.45, 2.75) is 39.2 Å². The van der Waals surface area contributed by atoms with E-state index in [1.165, 1.54) is 6.92 Å². The Hall–Kier alpha value is -2.77. The van der Waals surface area contributed by atoms with Gasteiger partial charge in [-0.2, -0.15) is 0 Å². The van der Waals surface area contributed by atoms with Crippen LogP contribution in [0.15, 0.2) is 24.3 Å². The smallest absolute Gasteiger partial charge is 0.409 e. The van der Waals surface area contributed by atoms with Crippen LogP contribution in [0, 0.1) is 0 Å². The zero-order valence-electron chi connectivity index (χ0n) is 15.9. The number of hydrogen-bond acceptors (Lipinski definition) is 5. The van der Waals surface area contributed by atoms with E-state index in [0.29, 0.717) is 32.7 Å². The molecule has 0 bridgehead atoms. The lowest BCUT2D eigenvalue weighted by atomic mass is 10.1. The van der Waals surface area contributed by atoms with Gasteiger partial charge < -0.3 is 25.6 Å². The predicted molar refractivity (Wildman–Crippen MR) is 104 cm³/mol. The maximum absolute atomic E-state index is 12.1. The molecule has 2 rings (SSSR count). The van der Waals surface area contributed by atoms with Gasteiger partial charge in [0.1, 0.15) is 0 Å². The van der Waals surface area contributed by atoms with Crippen molar-refractivity contribution in [1.29, 1.82) is 0 Å². The van der Waals surface area contributed by atoms with Gasteiger partial charge >= 0.3 is 6.09 Å². The third kappa shape index (κ3) is 7.16. The van der Waals surface area contributed by atoms with Gasteiger partial charge in [0.2, 0.25) is 11.8 Å². The predicted octanol–water partition coefficient (Wildman–Crippen LogP) is 2.18. The highest BCUT2D eigenvalue weighted by atomic mass is 16.6. The molecule has 0 radical (unpaired) electrons. The minimum atomic E-state index is -0.281. The molecule has 0 saturated carbocycles. The Morgan fingerprint density at radius 1 is 1.11 bits per heavy atom. The molecule has 0 spiro atoms. The van der Waals surface area contributed by atoms with Crippen LogP contribution >= 0.6 is 0 Å². The Kier molecular flexibility index (Phi) is 7.91. The fraction of sp³-hybridized carbons (Fsp3) is 0.526. The van der Waals surface area contributed by atoms with Crippen LogP contribution < -0.4 is 16.0 Å². The summed E-state index contributed by atoms with van der Waals surface area (Å²) >= 11 is 0. The molecular weight excluding hydrogens is 348 g/mol. The van der Waals surface area contributed by atoms with Gasteiger partial charge in [0.05, 0.1) is 6.61 Å². The van der Waals surface area contributed by atoms with Gasteiger partial charge in [0.25, 0.3) is 0 Å². The first-order chi connectivity index (χ1) is 13.0. The Bertz CT molecular complexity index is 640. The number of ether oxygens (including phenoxy) is 1. The molecule has 1 saturated heterocycles. The van der Waals surface area contributed by atoms with Gasteiger partial charge in [-0.1, -0.05) is 0 Å². The lowest BCUT2D eigenvalue weighted by Gasteiger charge is -2.31. The van der Waals surface area contributed by atoms with Crippen LogP contribution in [-0.2, 0) is 14.3 Å². The second-order valence-electron chi connectivity index (χ2n) is 6.46. The van der Waals surface area contributed by atoms with Gasteiger partial charge in [-0.15, -0.1) is 0 Å². The summed E-state index contributed by atoms with van der Waals surface area (Å²) in [6, 6.07) is 7.42. The third-order valence-electron chi connectivity index (χ3n) is 4.27. The second kappa shape index (κ2) is 10.4. The summed E-state index contributed by atoms with van der Waals surface area (Å²) in [5.41, 5.74) is 1.62. The molecule has 1 aromatic carbocycles. The number of piperidine rings is 1. The number of amides is 3. The van der Waals surface area contributed by atoms with Gasteiger partial charge in [0.15, 0.2) is 0 Å². The molecule has 1 aromatic rings. The molecule has 1 aliphatic heterocycles. The first kappa shape index (κ1) is 20.5. The maximum Gasteiger partial charge on any atom is 0.409 e. The average molecular weight is 376 g/mol. The van der Waals surface area contributed by atoms with E-state index in [-0.39, 0.29) is 23.9 Å². The van der Waals surface area contributed by atoms with E-state index in [1.807, 2.05) is 12.1 Å². The van der Waals surface area contributed by atoms with E-state index >= 15 is 0 Å². The van der Waals surface area contributed by atoms with E-state index in [0.717, 1.165) is 24.2 Å². The zero-order valence-corrected chi connectivity index (χ0v) is 15.9. The first-order valence-electron chi connectivity index (χ1n) is 9.30. The maximum atomic E-state index is 12.1.